The molecule has 0 bridgehead atoms. The van der Waals surface area contributed by atoms with Crippen LogP contribution in [0.2, 0.25) is 0 Å². The van der Waals surface area contributed by atoms with Crippen LogP contribution in [-0.2, 0) is 17.9 Å². The van der Waals surface area contributed by atoms with Crippen molar-refractivity contribution in [3.8, 4) is 0 Å². The summed E-state index contributed by atoms with van der Waals surface area (Å²) in [5.74, 6) is 0.0483. The van der Waals surface area contributed by atoms with Gasteiger partial charge in [0.15, 0.2) is 5.43 Å². The van der Waals surface area contributed by atoms with Gasteiger partial charge in [0.1, 0.15) is 6.54 Å². The van der Waals surface area contributed by atoms with Gasteiger partial charge in [0, 0.05) is 23.4 Å². The highest BCUT2D eigenvalue weighted by molar-refractivity contribution is 5.94. The number of aromatic nitrogens is 1. The average Bonchev–Trinajstić information content (AvgIpc) is 2.80. The summed E-state index contributed by atoms with van der Waals surface area (Å²) in [4.78, 5) is 28.4. The van der Waals surface area contributed by atoms with E-state index in [1.54, 1.807) is 0 Å². The zero-order chi connectivity index (χ0) is 21.1. The van der Waals surface area contributed by atoms with Crippen LogP contribution in [-0.4, -0.2) is 21.4 Å². The van der Waals surface area contributed by atoms with Gasteiger partial charge in [-0.3, -0.25) is 9.59 Å². The highest BCUT2D eigenvalue weighted by Crippen LogP contribution is 2.20. The summed E-state index contributed by atoms with van der Waals surface area (Å²) >= 11 is 0. The Labute approximate surface area is 176 Å². The molecule has 30 heavy (non-hydrogen) atoms. The largest absolute Gasteiger partial charge is 0.334 e. The van der Waals surface area contributed by atoms with E-state index in [2.05, 4.69) is 13.8 Å². The Kier molecular flexibility index (Phi) is 5.66. The minimum absolute atomic E-state index is 0.00738. The standard InChI is InChI=1S/C26H26N2O2/c1-3-19(2)27(17-20-11-5-4-6-12-20)25(29)18-28-23-15-9-7-13-21(23)26(30)22-14-8-10-16-24(22)28/h4-16,19H,3,17-18H2,1-2H3/t19-/m0/s1. The maximum atomic E-state index is 13.5. The van der Waals surface area contributed by atoms with Gasteiger partial charge in [-0.15, -0.1) is 0 Å². The molecular formula is C26H26N2O2. The Morgan fingerprint density at radius 1 is 0.867 bits per heavy atom. The Bertz CT molecular complexity index is 1180. The highest BCUT2D eigenvalue weighted by Gasteiger charge is 2.21. The number of fused-ring (bicyclic) bond motifs is 2. The van der Waals surface area contributed by atoms with Crippen LogP contribution in [0.1, 0.15) is 25.8 Å². The lowest BCUT2D eigenvalue weighted by atomic mass is 10.1. The molecule has 0 saturated carbocycles. The van der Waals surface area contributed by atoms with Crippen molar-refractivity contribution in [3.05, 3.63) is 94.6 Å². The van der Waals surface area contributed by atoms with Gasteiger partial charge < -0.3 is 9.47 Å². The third-order valence-corrected chi connectivity index (χ3v) is 5.81. The average molecular weight is 399 g/mol. The molecule has 4 rings (SSSR count). The fraction of sp³-hybridized carbons (Fsp3) is 0.231. The molecule has 0 aliphatic carbocycles. The predicted octanol–water partition coefficient (Wildman–Crippen LogP) is 4.98. The molecule has 0 aliphatic heterocycles. The van der Waals surface area contributed by atoms with Gasteiger partial charge in [-0.25, -0.2) is 0 Å². The molecule has 0 saturated heterocycles. The predicted molar refractivity (Wildman–Crippen MR) is 122 cm³/mol. The van der Waals surface area contributed by atoms with Gasteiger partial charge in [0.05, 0.1) is 11.0 Å². The summed E-state index contributed by atoms with van der Waals surface area (Å²) < 4.78 is 1.98. The van der Waals surface area contributed by atoms with Crippen molar-refractivity contribution in [3.63, 3.8) is 0 Å². The van der Waals surface area contributed by atoms with E-state index in [1.165, 1.54) is 0 Å². The van der Waals surface area contributed by atoms with E-state index in [0.29, 0.717) is 17.3 Å². The summed E-state index contributed by atoms with van der Waals surface area (Å²) in [7, 11) is 0. The Balaban J connectivity index is 1.79. The molecule has 4 aromatic rings. The number of carbonyl (C=O) groups is 1. The fourth-order valence-corrected chi connectivity index (χ4v) is 3.96. The molecule has 3 aromatic carbocycles. The van der Waals surface area contributed by atoms with Crippen molar-refractivity contribution < 1.29 is 4.79 Å². The first kappa shape index (κ1) is 19.9. The van der Waals surface area contributed by atoms with Crippen molar-refractivity contribution in [2.75, 3.05) is 0 Å². The summed E-state index contributed by atoms with van der Waals surface area (Å²) in [6.45, 7) is 4.95. The summed E-state index contributed by atoms with van der Waals surface area (Å²) in [5.41, 5.74) is 2.70. The van der Waals surface area contributed by atoms with Crippen LogP contribution < -0.4 is 5.43 Å². The van der Waals surface area contributed by atoms with Gasteiger partial charge in [-0.2, -0.15) is 0 Å². The quantitative estimate of drug-likeness (QED) is 0.430. The highest BCUT2D eigenvalue weighted by atomic mass is 16.2. The monoisotopic (exact) mass is 398 g/mol. The third kappa shape index (κ3) is 3.73. The molecule has 4 nitrogen and oxygen atoms in total. The van der Waals surface area contributed by atoms with Crippen LogP contribution in [0.15, 0.2) is 83.7 Å². The van der Waals surface area contributed by atoms with Crippen LogP contribution in [0.5, 0.6) is 0 Å². The van der Waals surface area contributed by atoms with Crippen molar-refractivity contribution in [1.82, 2.24) is 9.47 Å². The first-order valence-corrected chi connectivity index (χ1v) is 10.4. The Hall–Kier alpha value is -3.40. The van der Waals surface area contributed by atoms with E-state index in [1.807, 2.05) is 88.3 Å². The molecule has 0 spiro atoms. The summed E-state index contributed by atoms with van der Waals surface area (Å²) in [6, 6.07) is 25.3. The molecule has 152 valence electrons. The second-order valence-electron chi connectivity index (χ2n) is 7.71. The van der Waals surface area contributed by atoms with Crippen molar-refractivity contribution in [2.45, 2.75) is 39.4 Å². The van der Waals surface area contributed by atoms with Gasteiger partial charge in [0.25, 0.3) is 0 Å². The Morgan fingerprint density at radius 3 is 1.97 bits per heavy atom. The molecule has 0 fully saturated rings. The molecular weight excluding hydrogens is 372 g/mol. The molecule has 0 radical (unpaired) electrons. The zero-order valence-corrected chi connectivity index (χ0v) is 17.4. The van der Waals surface area contributed by atoms with Crippen LogP contribution in [0.25, 0.3) is 21.8 Å². The first-order valence-electron chi connectivity index (χ1n) is 10.4. The SMILES string of the molecule is CC[C@H](C)N(Cc1ccccc1)C(=O)Cn1c2ccccc2c(=O)c2ccccc21. The number of amides is 1. The van der Waals surface area contributed by atoms with Crippen LogP contribution in [0.3, 0.4) is 0 Å². The number of pyridine rings is 1. The molecule has 0 aliphatic rings. The second-order valence-corrected chi connectivity index (χ2v) is 7.71. The lowest BCUT2D eigenvalue weighted by Crippen LogP contribution is -2.40. The third-order valence-electron chi connectivity index (χ3n) is 5.81. The minimum atomic E-state index is 0.00738. The first-order chi connectivity index (χ1) is 14.6. The van der Waals surface area contributed by atoms with Crippen LogP contribution in [0.4, 0.5) is 0 Å². The minimum Gasteiger partial charge on any atom is -0.334 e. The number of carbonyl (C=O) groups excluding carboxylic acids is 1. The number of benzene rings is 3. The van der Waals surface area contributed by atoms with E-state index in [4.69, 9.17) is 0 Å². The topological polar surface area (TPSA) is 42.3 Å². The molecule has 0 N–H and O–H groups in total. The van der Waals surface area contributed by atoms with Crippen LogP contribution in [0, 0.1) is 0 Å². The lowest BCUT2D eigenvalue weighted by molar-refractivity contribution is -0.134. The normalized spacial score (nSPS) is 12.2. The number of hydrogen-bond donors (Lipinski definition) is 0. The smallest absolute Gasteiger partial charge is 0.243 e. The number of rotatable bonds is 6. The number of nitrogens with zero attached hydrogens (tertiary/aromatic N) is 2. The molecule has 0 unspecified atom stereocenters. The van der Waals surface area contributed by atoms with Crippen molar-refractivity contribution >= 4 is 27.7 Å². The van der Waals surface area contributed by atoms with E-state index < -0.39 is 0 Å². The molecule has 1 aromatic heterocycles. The van der Waals surface area contributed by atoms with E-state index in [-0.39, 0.29) is 23.9 Å². The van der Waals surface area contributed by atoms with Gasteiger partial charge in [-0.1, -0.05) is 61.5 Å². The van der Waals surface area contributed by atoms with E-state index in [9.17, 15) is 9.59 Å². The Morgan fingerprint density at radius 2 is 1.40 bits per heavy atom. The maximum absolute atomic E-state index is 13.5. The van der Waals surface area contributed by atoms with E-state index >= 15 is 0 Å². The van der Waals surface area contributed by atoms with Crippen molar-refractivity contribution in [1.29, 1.82) is 0 Å². The van der Waals surface area contributed by atoms with Gasteiger partial charge in [-0.05, 0) is 43.2 Å². The lowest BCUT2D eigenvalue weighted by Gasteiger charge is -2.30. The summed E-state index contributed by atoms with van der Waals surface area (Å²) in [6.07, 6.45) is 0.879. The molecule has 1 amide bonds. The second kappa shape index (κ2) is 8.54. The van der Waals surface area contributed by atoms with Crippen LogP contribution >= 0.6 is 0 Å². The molecule has 1 heterocycles. The maximum Gasteiger partial charge on any atom is 0.243 e. The van der Waals surface area contributed by atoms with Gasteiger partial charge in [0.2, 0.25) is 5.91 Å². The summed E-state index contributed by atoms with van der Waals surface area (Å²) in [5, 5.41) is 1.28. The fourth-order valence-electron chi connectivity index (χ4n) is 3.96. The molecule has 4 heteroatoms. The number of hydrogen-bond acceptors (Lipinski definition) is 2. The van der Waals surface area contributed by atoms with Crippen molar-refractivity contribution in [2.24, 2.45) is 0 Å². The van der Waals surface area contributed by atoms with E-state index in [0.717, 1.165) is 23.0 Å². The van der Waals surface area contributed by atoms with Gasteiger partial charge >= 0.3 is 0 Å². The zero-order valence-electron chi connectivity index (χ0n) is 17.4. The molecule has 1 atom stereocenters. The number of para-hydroxylation sites is 2.